The Morgan fingerprint density at radius 1 is 1.07 bits per heavy atom. The van der Waals surface area contributed by atoms with Crippen molar-refractivity contribution >= 4 is 28.8 Å². The maximum absolute atomic E-state index is 13.1. The Hall–Kier alpha value is -1.81. The van der Waals surface area contributed by atoms with Gasteiger partial charge in [0, 0.05) is 29.7 Å². The van der Waals surface area contributed by atoms with Gasteiger partial charge in [0.2, 0.25) is 5.91 Å². The number of hydrogen-bond acceptors (Lipinski definition) is 3. The Labute approximate surface area is 171 Å². The largest absolute Gasteiger partial charge is 0.416 e. The number of halogens is 7. The van der Waals surface area contributed by atoms with Gasteiger partial charge in [-0.05, 0) is 37.0 Å². The first-order chi connectivity index (χ1) is 13.5. The number of hydrogen-bond donors (Lipinski definition) is 0. The van der Waals surface area contributed by atoms with Gasteiger partial charge in [-0.2, -0.15) is 26.3 Å². The normalized spacial score (nSPS) is 16.3. The first kappa shape index (κ1) is 21.9. The summed E-state index contributed by atoms with van der Waals surface area (Å²) < 4.78 is 78.3. The third kappa shape index (κ3) is 5.03. The molecule has 0 unspecified atom stereocenters. The van der Waals surface area contributed by atoms with E-state index in [0.29, 0.717) is 38.1 Å². The van der Waals surface area contributed by atoms with Gasteiger partial charge in [-0.3, -0.25) is 4.79 Å². The lowest BCUT2D eigenvalue weighted by Gasteiger charge is -2.31. The van der Waals surface area contributed by atoms with E-state index in [-0.39, 0.29) is 34.3 Å². The molecular weight excluding hydrogens is 442 g/mol. The average Bonchev–Trinajstić information content (AvgIpc) is 3.16. The van der Waals surface area contributed by atoms with Crippen LogP contribution in [0.2, 0.25) is 0 Å². The predicted molar refractivity (Wildman–Crippen MR) is 96.8 cm³/mol. The maximum atomic E-state index is 13.1. The highest BCUT2D eigenvalue weighted by atomic mass is 35.5. The van der Waals surface area contributed by atoms with Gasteiger partial charge in [-0.1, -0.05) is 0 Å². The van der Waals surface area contributed by atoms with Crippen molar-refractivity contribution < 1.29 is 31.1 Å². The molecule has 1 aliphatic rings. The lowest BCUT2D eigenvalue weighted by Crippen LogP contribution is -2.38. The minimum Gasteiger partial charge on any atom is -0.342 e. The highest BCUT2D eigenvalue weighted by molar-refractivity contribution is 7.15. The Morgan fingerprint density at radius 3 is 2.10 bits per heavy atom. The summed E-state index contributed by atoms with van der Waals surface area (Å²) in [6.07, 6.45) is -7.08. The zero-order valence-electron chi connectivity index (χ0n) is 14.8. The molecule has 1 aromatic heterocycles. The Morgan fingerprint density at radius 2 is 1.62 bits per heavy atom. The van der Waals surface area contributed by atoms with Crippen LogP contribution in [0.25, 0.3) is 10.6 Å². The molecule has 1 fully saturated rings. The van der Waals surface area contributed by atoms with Crippen LogP contribution in [-0.4, -0.2) is 34.8 Å². The molecule has 0 aliphatic carbocycles. The predicted octanol–water partition coefficient (Wildman–Crippen LogP) is 5.79. The SMILES string of the molecule is O=C(CCl)N1CCC(c2cnc(-c3cc(C(F)(F)F)cc(C(F)(F)F)c3)s2)CC1. The van der Waals surface area contributed by atoms with Crippen LogP contribution in [0.1, 0.15) is 34.8 Å². The molecule has 1 saturated heterocycles. The smallest absolute Gasteiger partial charge is 0.342 e. The topological polar surface area (TPSA) is 33.2 Å². The van der Waals surface area contributed by atoms with Crippen LogP contribution in [0.4, 0.5) is 26.3 Å². The number of thiazole rings is 1. The fraction of sp³-hybridized carbons (Fsp3) is 0.444. The summed E-state index contributed by atoms with van der Waals surface area (Å²) in [5.74, 6) is -0.237. The summed E-state index contributed by atoms with van der Waals surface area (Å²) in [7, 11) is 0. The highest BCUT2D eigenvalue weighted by Crippen LogP contribution is 2.41. The fourth-order valence-corrected chi connectivity index (χ4v) is 4.43. The summed E-state index contributed by atoms with van der Waals surface area (Å²) in [6.45, 7) is 0.983. The second-order valence-electron chi connectivity index (χ2n) is 6.65. The molecular formula is C18H15ClF6N2OS. The Bertz CT molecular complexity index is 855. The first-order valence-electron chi connectivity index (χ1n) is 8.58. The van der Waals surface area contributed by atoms with Gasteiger partial charge >= 0.3 is 12.4 Å². The van der Waals surface area contributed by atoms with Crippen molar-refractivity contribution in [1.82, 2.24) is 9.88 Å². The summed E-state index contributed by atoms with van der Waals surface area (Å²) >= 11 is 6.61. The molecule has 0 saturated carbocycles. The van der Waals surface area contributed by atoms with Gasteiger partial charge in [0.15, 0.2) is 0 Å². The van der Waals surface area contributed by atoms with E-state index in [1.54, 1.807) is 4.90 Å². The van der Waals surface area contributed by atoms with Crippen molar-refractivity contribution in [3.63, 3.8) is 0 Å². The van der Waals surface area contributed by atoms with Crippen LogP contribution in [0, 0.1) is 0 Å². The summed E-state index contributed by atoms with van der Waals surface area (Å²) in [4.78, 5) is 18.1. The highest BCUT2D eigenvalue weighted by Gasteiger charge is 2.37. The summed E-state index contributed by atoms with van der Waals surface area (Å²) in [5, 5.41) is 0.0934. The van der Waals surface area contributed by atoms with Crippen molar-refractivity contribution in [2.45, 2.75) is 31.1 Å². The van der Waals surface area contributed by atoms with Crippen molar-refractivity contribution in [3.8, 4) is 10.6 Å². The molecule has 0 radical (unpaired) electrons. The molecule has 0 bridgehead atoms. The number of nitrogens with zero attached hydrogens (tertiary/aromatic N) is 2. The monoisotopic (exact) mass is 456 g/mol. The lowest BCUT2D eigenvalue weighted by molar-refractivity contribution is -0.143. The van der Waals surface area contributed by atoms with E-state index in [0.717, 1.165) is 16.2 Å². The number of aromatic nitrogens is 1. The van der Waals surface area contributed by atoms with Crippen molar-refractivity contribution in [1.29, 1.82) is 0 Å². The standard InChI is InChI=1S/C18H15ClF6N2OS/c19-8-15(28)27-3-1-10(2-4-27)14-9-26-16(29-14)11-5-12(17(20,21)22)7-13(6-11)18(23,24)25/h5-7,9-10H,1-4,8H2. The van der Waals surface area contributed by atoms with Crippen LogP contribution < -0.4 is 0 Å². The molecule has 3 rings (SSSR count). The number of likely N-dealkylation sites (tertiary alicyclic amines) is 1. The molecule has 11 heteroatoms. The fourth-order valence-electron chi connectivity index (χ4n) is 3.19. The molecule has 0 atom stereocenters. The van der Waals surface area contributed by atoms with Gasteiger partial charge < -0.3 is 4.90 Å². The number of alkyl halides is 7. The van der Waals surface area contributed by atoms with Crippen LogP contribution in [-0.2, 0) is 17.1 Å². The molecule has 0 N–H and O–H groups in total. The van der Waals surface area contributed by atoms with Gasteiger partial charge in [0.25, 0.3) is 0 Å². The van der Waals surface area contributed by atoms with Crippen molar-refractivity contribution in [3.05, 3.63) is 40.4 Å². The minimum absolute atomic E-state index is 0.0357. The van der Waals surface area contributed by atoms with E-state index < -0.39 is 23.5 Å². The van der Waals surface area contributed by atoms with E-state index in [2.05, 4.69) is 4.98 Å². The van der Waals surface area contributed by atoms with Gasteiger partial charge in [-0.15, -0.1) is 22.9 Å². The number of rotatable bonds is 3. The van der Waals surface area contributed by atoms with Crippen molar-refractivity contribution in [2.24, 2.45) is 0 Å². The molecule has 158 valence electrons. The molecule has 0 spiro atoms. The maximum Gasteiger partial charge on any atom is 0.416 e. The van der Waals surface area contributed by atoms with Crippen LogP contribution in [0.3, 0.4) is 0 Å². The molecule has 1 amide bonds. The quantitative estimate of drug-likeness (QED) is 0.432. The van der Waals surface area contributed by atoms with Crippen LogP contribution in [0.5, 0.6) is 0 Å². The number of carbonyl (C=O) groups is 1. The number of amides is 1. The second kappa shape index (κ2) is 8.14. The van der Waals surface area contributed by atoms with Crippen LogP contribution in [0.15, 0.2) is 24.4 Å². The molecule has 2 heterocycles. The summed E-state index contributed by atoms with van der Waals surface area (Å²) in [6, 6.07) is 1.46. The van der Waals surface area contributed by atoms with E-state index in [4.69, 9.17) is 11.6 Å². The molecule has 2 aromatic rings. The third-order valence-electron chi connectivity index (χ3n) is 4.72. The van der Waals surface area contributed by atoms with Gasteiger partial charge in [-0.25, -0.2) is 4.98 Å². The molecule has 3 nitrogen and oxygen atoms in total. The minimum atomic E-state index is -4.90. The number of piperidine rings is 1. The first-order valence-corrected chi connectivity index (χ1v) is 9.93. The van der Waals surface area contributed by atoms with Crippen molar-refractivity contribution in [2.75, 3.05) is 19.0 Å². The number of carbonyl (C=O) groups excluding carboxylic acids is 1. The average molecular weight is 457 g/mol. The zero-order valence-corrected chi connectivity index (χ0v) is 16.4. The van der Waals surface area contributed by atoms with Gasteiger partial charge in [0.05, 0.1) is 11.1 Å². The number of benzene rings is 1. The molecule has 1 aromatic carbocycles. The van der Waals surface area contributed by atoms with Crippen LogP contribution >= 0.6 is 22.9 Å². The zero-order chi connectivity index (χ0) is 21.4. The van der Waals surface area contributed by atoms with E-state index >= 15 is 0 Å². The second-order valence-corrected chi connectivity index (χ2v) is 7.98. The third-order valence-corrected chi connectivity index (χ3v) is 6.16. The molecule has 1 aliphatic heterocycles. The van der Waals surface area contributed by atoms with E-state index in [9.17, 15) is 31.1 Å². The molecule has 29 heavy (non-hydrogen) atoms. The van der Waals surface area contributed by atoms with Gasteiger partial charge in [0.1, 0.15) is 10.9 Å². The van der Waals surface area contributed by atoms with E-state index in [1.807, 2.05) is 0 Å². The summed E-state index contributed by atoms with van der Waals surface area (Å²) in [5.41, 5.74) is -2.96. The Balaban J connectivity index is 1.86. The Kier molecular flexibility index (Phi) is 6.14. The lowest BCUT2D eigenvalue weighted by atomic mass is 9.96. The van der Waals surface area contributed by atoms with E-state index in [1.165, 1.54) is 6.20 Å².